The van der Waals surface area contributed by atoms with E-state index in [1.165, 1.54) is 19.2 Å². The van der Waals surface area contributed by atoms with Crippen LogP contribution in [0, 0.1) is 0 Å². The number of imide groups is 1. The van der Waals surface area contributed by atoms with E-state index in [4.69, 9.17) is 4.74 Å². The standard InChI is InChI=1S/C21H24N2O5S/c1-21(2,3)23(29(26,27)17-12-10-16(28-4)11-13-17)18-14-19(24)22(20(18)25)15-8-6-5-7-9-15/h5-13,18H,14H2,1-4H3. The van der Waals surface area contributed by atoms with Crippen LogP contribution in [0.25, 0.3) is 0 Å². The van der Waals surface area contributed by atoms with E-state index in [0.717, 1.165) is 9.21 Å². The normalized spacial score (nSPS) is 17.8. The molecule has 0 aliphatic carbocycles. The SMILES string of the molecule is COc1ccc(S(=O)(=O)N(C2CC(=O)N(c3ccccc3)C2=O)C(C)(C)C)cc1. The molecule has 154 valence electrons. The first-order chi connectivity index (χ1) is 13.6. The molecule has 3 rings (SSSR count). The van der Waals surface area contributed by atoms with Gasteiger partial charge in [-0.1, -0.05) is 18.2 Å². The Morgan fingerprint density at radius 1 is 1.00 bits per heavy atom. The Kier molecular flexibility index (Phi) is 5.51. The van der Waals surface area contributed by atoms with Gasteiger partial charge >= 0.3 is 0 Å². The van der Waals surface area contributed by atoms with Gasteiger partial charge < -0.3 is 4.74 Å². The van der Waals surface area contributed by atoms with Crippen molar-refractivity contribution in [2.75, 3.05) is 12.0 Å². The number of nitrogens with zero attached hydrogens (tertiary/aromatic N) is 2. The number of rotatable bonds is 5. The predicted octanol–water partition coefficient (Wildman–Crippen LogP) is 2.82. The number of carbonyl (C=O) groups is 2. The van der Waals surface area contributed by atoms with Crippen molar-refractivity contribution in [1.82, 2.24) is 4.31 Å². The van der Waals surface area contributed by atoms with Crippen LogP contribution >= 0.6 is 0 Å². The van der Waals surface area contributed by atoms with Crippen molar-refractivity contribution in [3.63, 3.8) is 0 Å². The first kappa shape index (κ1) is 21.0. The van der Waals surface area contributed by atoms with Gasteiger partial charge in [-0.05, 0) is 57.2 Å². The van der Waals surface area contributed by atoms with E-state index in [1.54, 1.807) is 63.2 Å². The summed E-state index contributed by atoms with van der Waals surface area (Å²) in [6.45, 7) is 5.12. The maximum absolute atomic E-state index is 13.5. The second-order valence-electron chi connectivity index (χ2n) is 7.77. The van der Waals surface area contributed by atoms with Gasteiger partial charge in [0.05, 0.1) is 24.1 Å². The summed E-state index contributed by atoms with van der Waals surface area (Å²) in [5, 5.41) is 0. The number of methoxy groups -OCH3 is 1. The number of ether oxygens (including phenoxy) is 1. The summed E-state index contributed by atoms with van der Waals surface area (Å²) < 4.78 is 33.2. The Balaban J connectivity index is 2.03. The Morgan fingerprint density at radius 2 is 1.59 bits per heavy atom. The number of carbonyl (C=O) groups excluding carboxylic acids is 2. The van der Waals surface area contributed by atoms with Crippen molar-refractivity contribution in [1.29, 1.82) is 0 Å². The molecule has 2 amide bonds. The maximum atomic E-state index is 13.5. The van der Waals surface area contributed by atoms with Gasteiger partial charge in [-0.25, -0.2) is 13.3 Å². The molecule has 0 N–H and O–H groups in total. The third-order valence-electron chi connectivity index (χ3n) is 4.70. The van der Waals surface area contributed by atoms with Gasteiger partial charge in [0, 0.05) is 5.54 Å². The molecule has 29 heavy (non-hydrogen) atoms. The van der Waals surface area contributed by atoms with Crippen LogP contribution < -0.4 is 9.64 Å². The van der Waals surface area contributed by atoms with E-state index < -0.39 is 33.4 Å². The summed E-state index contributed by atoms with van der Waals surface area (Å²) in [7, 11) is -2.56. The molecular formula is C21H24N2O5S. The second kappa shape index (κ2) is 7.61. The molecule has 0 bridgehead atoms. The van der Waals surface area contributed by atoms with E-state index in [2.05, 4.69) is 0 Å². The van der Waals surface area contributed by atoms with E-state index in [-0.39, 0.29) is 11.3 Å². The lowest BCUT2D eigenvalue weighted by Gasteiger charge is -2.37. The molecule has 1 heterocycles. The van der Waals surface area contributed by atoms with E-state index in [1.807, 2.05) is 0 Å². The molecule has 2 aromatic rings. The van der Waals surface area contributed by atoms with Crippen molar-refractivity contribution in [3.05, 3.63) is 54.6 Å². The number of anilines is 1. The van der Waals surface area contributed by atoms with Gasteiger partial charge in [-0.3, -0.25) is 9.59 Å². The fourth-order valence-electron chi connectivity index (χ4n) is 3.50. The minimum atomic E-state index is -4.05. The lowest BCUT2D eigenvalue weighted by molar-refractivity contribution is -0.122. The molecule has 1 aliphatic heterocycles. The minimum Gasteiger partial charge on any atom is -0.497 e. The van der Waals surface area contributed by atoms with Crippen molar-refractivity contribution in [3.8, 4) is 5.75 Å². The Bertz CT molecular complexity index is 1010. The highest BCUT2D eigenvalue weighted by Gasteiger charge is 2.50. The number of hydrogen-bond acceptors (Lipinski definition) is 5. The van der Waals surface area contributed by atoms with Gasteiger partial charge in [0.2, 0.25) is 15.9 Å². The molecule has 8 heteroatoms. The molecule has 2 aromatic carbocycles. The summed E-state index contributed by atoms with van der Waals surface area (Å²) >= 11 is 0. The molecule has 1 fully saturated rings. The third kappa shape index (κ3) is 3.90. The third-order valence-corrected chi connectivity index (χ3v) is 6.89. The van der Waals surface area contributed by atoms with E-state index in [9.17, 15) is 18.0 Å². The predicted molar refractivity (Wildman–Crippen MR) is 109 cm³/mol. The highest BCUT2D eigenvalue weighted by atomic mass is 32.2. The molecule has 0 radical (unpaired) electrons. The topological polar surface area (TPSA) is 84.0 Å². The van der Waals surface area contributed by atoms with Crippen LogP contribution in [-0.2, 0) is 19.6 Å². The van der Waals surface area contributed by atoms with Crippen LogP contribution in [0.3, 0.4) is 0 Å². The summed E-state index contributed by atoms with van der Waals surface area (Å²) in [6, 6.07) is 13.4. The molecule has 0 spiro atoms. The molecule has 1 saturated heterocycles. The van der Waals surface area contributed by atoms with E-state index >= 15 is 0 Å². The van der Waals surface area contributed by atoms with Gasteiger partial charge in [-0.15, -0.1) is 0 Å². The quantitative estimate of drug-likeness (QED) is 0.700. The lowest BCUT2D eigenvalue weighted by Crippen LogP contribution is -2.54. The molecule has 1 atom stereocenters. The number of amides is 2. The average Bonchev–Trinajstić information content (AvgIpc) is 2.95. The molecule has 0 saturated carbocycles. The number of sulfonamides is 1. The van der Waals surface area contributed by atoms with Crippen LogP contribution in [0.5, 0.6) is 5.75 Å². The number of para-hydroxylation sites is 1. The van der Waals surface area contributed by atoms with Gasteiger partial charge in [0.15, 0.2) is 0 Å². The van der Waals surface area contributed by atoms with E-state index in [0.29, 0.717) is 11.4 Å². The Hall–Kier alpha value is -2.71. The van der Waals surface area contributed by atoms with Crippen molar-refractivity contribution in [2.45, 2.75) is 43.7 Å². The summed E-state index contributed by atoms with van der Waals surface area (Å²) in [5.41, 5.74) is -0.493. The summed E-state index contributed by atoms with van der Waals surface area (Å²) in [4.78, 5) is 26.9. The molecule has 0 aromatic heterocycles. The van der Waals surface area contributed by atoms with Gasteiger partial charge in [-0.2, -0.15) is 4.31 Å². The highest BCUT2D eigenvalue weighted by Crippen LogP contribution is 2.34. The average molecular weight is 416 g/mol. The zero-order chi connectivity index (χ0) is 21.4. The fourth-order valence-corrected chi connectivity index (χ4v) is 5.43. The van der Waals surface area contributed by atoms with Crippen LogP contribution in [0.2, 0.25) is 0 Å². The summed E-state index contributed by atoms with van der Waals surface area (Å²) in [6.07, 6.45) is -0.208. The largest absolute Gasteiger partial charge is 0.497 e. The zero-order valence-corrected chi connectivity index (χ0v) is 17.6. The molecule has 7 nitrogen and oxygen atoms in total. The molecule has 1 aliphatic rings. The van der Waals surface area contributed by atoms with Crippen molar-refractivity contribution in [2.24, 2.45) is 0 Å². The van der Waals surface area contributed by atoms with Crippen LogP contribution in [-0.4, -0.2) is 43.2 Å². The monoisotopic (exact) mass is 416 g/mol. The Labute approximate surface area is 170 Å². The molecular weight excluding hydrogens is 392 g/mol. The first-order valence-corrected chi connectivity index (χ1v) is 10.6. The maximum Gasteiger partial charge on any atom is 0.252 e. The first-order valence-electron chi connectivity index (χ1n) is 9.18. The molecule has 1 unspecified atom stereocenters. The van der Waals surface area contributed by atoms with Crippen molar-refractivity contribution < 1.29 is 22.7 Å². The van der Waals surface area contributed by atoms with Crippen molar-refractivity contribution >= 4 is 27.5 Å². The zero-order valence-electron chi connectivity index (χ0n) is 16.8. The number of hydrogen-bond donors (Lipinski definition) is 0. The second-order valence-corrected chi connectivity index (χ2v) is 9.58. The van der Waals surface area contributed by atoms with Gasteiger partial charge in [0.25, 0.3) is 5.91 Å². The highest BCUT2D eigenvalue weighted by molar-refractivity contribution is 7.89. The minimum absolute atomic E-state index is 0.0339. The lowest BCUT2D eigenvalue weighted by atomic mass is 10.1. The number of benzene rings is 2. The van der Waals surface area contributed by atoms with Crippen LogP contribution in [0.1, 0.15) is 27.2 Å². The van der Waals surface area contributed by atoms with Gasteiger partial charge in [0.1, 0.15) is 11.8 Å². The fraction of sp³-hybridized carbons (Fsp3) is 0.333. The summed E-state index contributed by atoms with van der Waals surface area (Å²) in [5.74, 6) is -0.452. The smallest absolute Gasteiger partial charge is 0.252 e. The van der Waals surface area contributed by atoms with Crippen LogP contribution in [0.15, 0.2) is 59.5 Å². The Morgan fingerprint density at radius 3 is 2.10 bits per heavy atom. The van der Waals surface area contributed by atoms with Crippen LogP contribution in [0.4, 0.5) is 5.69 Å².